The number of amides is 2. The average molecular weight is 616 g/mol. The molecule has 2 amide bonds. The van der Waals surface area contributed by atoms with E-state index in [1.807, 2.05) is 0 Å². The molecule has 18 heteroatoms. The van der Waals surface area contributed by atoms with Crippen molar-refractivity contribution in [3.8, 4) is 22.9 Å². The Labute approximate surface area is 232 Å². The summed E-state index contributed by atoms with van der Waals surface area (Å²) in [5.74, 6) is -0.0198. The monoisotopic (exact) mass is 616 g/mol. The number of aromatic nitrogens is 4. The number of rotatable bonds is 9. The highest BCUT2D eigenvalue weighted by molar-refractivity contribution is 5.76. The first kappa shape index (κ1) is 32.5. The van der Waals surface area contributed by atoms with Gasteiger partial charge in [-0.15, -0.1) is 0 Å². The number of alkyl halides is 9. The smallest absolute Gasteiger partial charge is 0.414 e. The number of pyridine rings is 1. The van der Waals surface area contributed by atoms with Crippen molar-refractivity contribution < 1.29 is 53.8 Å². The summed E-state index contributed by atoms with van der Waals surface area (Å²) in [4.78, 5) is 25.0. The second kappa shape index (κ2) is 12.1. The van der Waals surface area contributed by atoms with E-state index in [2.05, 4.69) is 15.0 Å². The number of imidazole rings is 1. The first-order valence-electron chi connectivity index (χ1n) is 12.1. The lowest BCUT2D eigenvalue weighted by Gasteiger charge is -2.34. The maximum Gasteiger partial charge on any atom is 0.414 e. The van der Waals surface area contributed by atoms with Crippen molar-refractivity contribution in [2.75, 3.05) is 20.8 Å². The minimum Gasteiger partial charge on any atom is -0.494 e. The Balaban J connectivity index is 2.11. The van der Waals surface area contributed by atoms with Crippen LogP contribution in [0.3, 0.4) is 0 Å². The molecule has 0 aliphatic heterocycles. The number of carbonyl (C=O) groups excluding carboxylic acids is 1. The lowest BCUT2D eigenvalue weighted by Crippen LogP contribution is -2.53. The Hall–Kier alpha value is -3.99. The number of hydrogen-bond acceptors (Lipinski definition) is 6. The summed E-state index contributed by atoms with van der Waals surface area (Å²) in [5.41, 5.74) is -0.0719. The van der Waals surface area contributed by atoms with Gasteiger partial charge in [0.15, 0.2) is 6.04 Å². The number of nitrogens with zero attached hydrogens (tertiary/aromatic N) is 5. The highest BCUT2D eigenvalue weighted by Crippen LogP contribution is 2.41. The predicted molar refractivity (Wildman–Crippen MR) is 129 cm³/mol. The van der Waals surface area contributed by atoms with E-state index in [1.54, 1.807) is 17.5 Å². The Bertz CT molecular complexity index is 1410. The normalized spacial score (nSPS) is 14.0. The molecule has 3 aromatic heterocycles. The van der Waals surface area contributed by atoms with E-state index in [-0.39, 0.29) is 27.8 Å². The fraction of sp³-hybridized carbons (Fsp3) is 0.500. The number of aryl methyl sites for hydroxylation is 1. The van der Waals surface area contributed by atoms with Crippen molar-refractivity contribution in [3.05, 3.63) is 36.0 Å². The lowest BCUT2D eigenvalue weighted by molar-refractivity contribution is -0.182. The molecule has 3 rings (SSSR count). The first-order chi connectivity index (χ1) is 19.4. The number of nitrogens with one attached hydrogen (secondary N) is 1. The zero-order valence-electron chi connectivity index (χ0n) is 22.4. The third kappa shape index (κ3) is 7.07. The van der Waals surface area contributed by atoms with Gasteiger partial charge in [0, 0.05) is 36.6 Å². The first-order valence-corrected chi connectivity index (χ1v) is 12.1. The van der Waals surface area contributed by atoms with Crippen molar-refractivity contribution in [3.63, 3.8) is 0 Å². The third-order valence-electron chi connectivity index (χ3n) is 6.22. The quantitative estimate of drug-likeness (QED) is 0.296. The molecule has 42 heavy (non-hydrogen) atoms. The molecule has 0 bridgehead atoms. The van der Waals surface area contributed by atoms with Crippen LogP contribution in [0.15, 0.2) is 24.7 Å². The minimum atomic E-state index is -5.37. The largest absolute Gasteiger partial charge is 0.494 e. The maximum atomic E-state index is 14.4. The van der Waals surface area contributed by atoms with Crippen LogP contribution in [0, 0.1) is 6.92 Å². The Morgan fingerprint density at radius 1 is 1.05 bits per heavy atom. The number of halogens is 9. The lowest BCUT2D eigenvalue weighted by atomic mass is 10.0. The third-order valence-corrected chi connectivity index (χ3v) is 6.22. The molecule has 0 saturated heterocycles. The van der Waals surface area contributed by atoms with Crippen LogP contribution >= 0.6 is 0 Å². The zero-order valence-corrected chi connectivity index (χ0v) is 22.4. The van der Waals surface area contributed by atoms with Gasteiger partial charge in [0.05, 0.1) is 31.8 Å². The van der Waals surface area contributed by atoms with Gasteiger partial charge in [-0.05, 0) is 26.3 Å². The van der Waals surface area contributed by atoms with Crippen molar-refractivity contribution in [1.29, 1.82) is 0 Å². The fourth-order valence-corrected chi connectivity index (χ4v) is 4.23. The summed E-state index contributed by atoms with van der Waals surface area (Å²) >= 11 is 0. The van der Waals surface area contributed by atoms with E-state index in [1.165, 1.54) is 25.7 Å². The van der Waals surface area contributed by atoms with Gasteiger partial charge >= 0.3 is 24.6 Å². The van der Waals surface area contributed by atoms with Crippen molar-refractivity contribution in [1.82, 2.24) is 29.6 Å². The van der Waals surface area contributed by atoms with Crippen LogP contribution in [-0.2, 0) is 0 Å². The molecule has 0 saturated carbocycles. The molecule has 0 spiro atoms. The van der Waals surface area contributed by atoms with Gasteiger partial charge in [0.25, 0.3) is 5.88 Å². The van der Waals surface area contributed by atoms with Crippen LogP contribution in [0.2, 0.25) is 0 Å². The standard InChI is InChI=1S/C24H25F9N6O3/c1-5-38(21(40)36-16(23(28,29)30)6-7-22(25,26)27)18(24(31,32)33)14-10-13(15(41-3)11-35-14)17-12(2)39-9-8-34-19(39)20(37-17)42-4/h8-11,16,18H,5-7H2,1-4H3,(H,36,40). The second-order valence-electron chi connectivity index (χ2n) is 8.91. The van der Waals surface area contributed by atoms with Gasteiger partial charge in [-0.1, -0.05) is 0 Å². The summed E-state index contributed by atoms with van der Waals surface area (Å²) in [6.07, 6.45) is -15.3. The van der Waals surface area contributed by atoms with E-state index in [9.17, 15) is 44.3 Å². The topological polar surface area (TPSA) is 93.9 Å². The van der Waals surface area contributed by atoms with E-state index >= 15 is 0 Å². The van der Waals surface area contributed by atoms with Crippen LogP contribution in [0.1, 0.15) is 37.2 Å². The molecule has 3 aromatic rings. The number of urea groups is 1. The molecular formula is C24H25F9N6O3. The van der Waals surface area contributed by atoms with Crippen LogP contribution in [-0.4, -0.2) is 75.6 Å². The van der Waals surface area contributed by atoms with Gasteiger partial charge in [-0.3, -0.25) is 9.38 Å². The number of carbonyl (C=O) groups is 1. The molecule has 2 atom stereocenters. The molecular weight excluding hydrogens is 591 g/mol. The average Bonchev–Trinajstić information content (AvgIpc) is 3.38. The fourth-order valence-electron chi connectivity index (χ4n) is 4.23. The van der Waals surface area contributed by atoms with Gasteiger partial charge in [-0.2, -0.15) is 39.5 Å². The van der Waals surface area contributed by atoms with Crippen LogP contribution in [0.25, 0.3) is 16.9 Å². The molecule has 2 unspecified atom stereocenters. The van der Waals surface area contributed by atoms with Gasteiger partial charge in [0.1, 0.15) is 11.8 Å². The summed E-state index contributed by atoms with van der Waals surface area (Å²) in [5, 5.41) is 1.28. The highest BCUT2D eigenvalue weighted by atomic mass is 19.4. The van der Waals surface area contributed by atoms with E-state index in [0.717, 1.165) is 19.2 Å². The van der Waals surface area contributed by atoms with Gasteiger partial charge in [0.2, 0.25) is 5.65 Å². The van der Waals surface area contributed by atoms with Crippen LogP contribution < -0.4 is 14.8 Å². The molecule has 3 heterocycles. The number of hydrogen-bond donors (Lipinski definition) is 1. The zero-order chi connectivity index (χ0) is 31.6. The summed E-state index contributed by atoms with van der Waals surface area (Å²) in [6.45, 7) is 1.86. The van der Waals surface area contributed by atoms with Gasteiger partial charge < -0.3 is 19.7 Å². The Kier molecular flexibility index (Phi) is 9.36. The van der Waals surface area contributed by atoms with E-state index in [4.69, 9.17) is 9.47 Å². The minimum absolute atomic E-state index is 0.00481. The Morgan fingerprint density at radius 3 is 2.24 bits per heavy atom. The SMILES string of the molecule is CCN(C(=O)NC(CCC(F)(F)F)C(F)(F)F)C(c1cc(-c2nc(OC)c3nccn3c2C)c(OC)cn1)C(F)(F)F. The molecule has 0 aliphatic rings. The highest BCUT2D eigenvalue weighted by Gasteiger charge is 2.49. The number of ether oxygens (including phenoxy) is 2. The Morgan fingerprint density at radius 2 is 1.71 bits per heavy atom. The van der Waals surface area contributed by atoms with E-state index in [0.29, 0.717) is 11.3 Å². The maximum absolute atomic E-state index is 14.4. The molecule has 0 fully saturated rings. The summed E-state index contributed by atoms with van der Waals surface area (Å²) in [7, 11) is 2.51. The molecule has 9 nitrogen and oxygen atoms in total. The van der Waals surface area contributed by atoms with E-state index < -0.39 is 61.7 Å². The molecule has 232 valence electrons. The summed E-state index contributed by atoms with van der Waals surface area (Å²) < 4.78 is 133. The molecule has 1 N–H and O–H groups in total. The van der Waals surface area contributed by atoms with Crippen molar-refractivity contribution in [2.24, 2.45) is 0 Å². The van der Waals surface area contributed by atoms with Crippen LogP contribution in [0.5, 0.6) is 11.6 Å². The second-order valence-corrected chi connectivity index (χ2v) is 8.91. The van der Waals surface area contributed by atoms with Crippen molar-refractivity contribution >= 4 is 11.7 Å². The predicted octanol–water partition coefficient (Wildman–Crippen LogP) is 6.03. The van der Waals surface area contributed by atoms with Gasteiger partial charge in [-0.25, -0.2) is 14.8 Å². The van der Waals surface area contributed by atoms with Crippen molar-refractivity contribution in [2.45, 2.75) is 57.3 Å². The molecule has 0 aromatic carbocycles. The molecule has 0 radical (unpaired) electrons. The number of fused-ring (bicyclic) bond motifs is 1. The van der Waals surface area contributed by atoms with Crippen LogP contribution in [0.4, 0.5) is 44.3 Å². The number of methoxy groups -OCH3 is 2. The summed E-state index contributed by atoms with van der Waals surface area (Å²) in [6, 6.07) is -6.94. The molecule has 0 aliphatic carbocycles.